The zero-order chi connectivity index (χ0) is 12.1. The molecule has 17 heavy (non-hydrogen) atoms. The van der Waals surface area contributed by atoms with Gasteiger partial charge in [-0.3, -0.25) is 0 Å². The van der Waals surface area contributed by atoms with E-state index in [1.54, 1.807) is 23.3 Å². The van der Waals surface area contributed by atoms with Crippen molar-refractivity contribution in [1.29, 1.82) is 0 Å². The summed E-state index contributed by atoms with van der Waals surface area (Å²) in [4.78, 5) is 15.3. The van der Waals surface area contributed by atoms with Crippen LogP contribution in [0.5, 0.6) is 0 Å². The molecule has 0 aliphatic heterocycles. The van der Waals surface area contributed by atoms with Crippen LogP contribution in [0.15, 0.2) is 55.1 Å². The Kier molecular flexibility index (Phi) is 3.35. The Morgan fingerprint density at radius 3 is 2.71 bits per heavy atom. The average Bonchev–Trinajstić information content (AvgIpc) is 2.90. The lowest BCUT2D eigenvalue weighted by atomic mass is 10.1. The molecule has 1 aromatic carbocycles. The smallest absolute Gasteiger partial charge is 0.332 e. The third-order valence-corrected chi connectivity index (χ3v) is 2.31. The lowest BCUT2D eigenvalue weighted by Gasteiger charge is -2.08. The fourth-order valence-electron chi connectivity index (χ4n) is 1.49. The highest BCUT2D eigenvalue weighted by Crippen LogP contribution is 2.16. The van der Waals surface area contributed by atoms with Gasteiger partial charge < -0.3 is 9.30 Å². The number of carbonyl (C=O) groups excluding carboxylic acids is 1. The Morgan fingerprint density at radius 2 is 2.12 bits per heavy atom. The topological polar surface area (TPSA) is 44.1 Å². The molecule has 2 aromatic rings. The quantitative estimate of drug-likeness (QED) is 0.595. The number of nitrogens with zero attached hydrogens (tertiary/aromatic N) is 2. The van der Waals surface area contributed by atoms with E-state index in [0.717, 1.165) is 11.3 Å². The summed E-state index contributed by atoms with van der Waals surface area (Å²) in [6.45, 7) is 0. The first-order valence-corrected chi connectivity index (χ1v) is 5.14. The molecule has 0 fully saturated rings. The van der Waals surface area contributed by atoms with E-state index >= 15 is 0 Å². The summed E-state index contributed by atoms with van der Waals surface area (Å²) in [6, 6.07) is 9.60. The minimum Gasteiger partial charge on any atom is -0.466 e. The highest BCUT2D eigenvalue weighted by molar-refractivity contribution is 5.91. The van der Waals surface area contributed by atoms with Crippen molar-refractivity contribution in [1.82, 2.24) is 9.55 Å². The van der Waals surface area contributed by atoms with Gasteiger partial charge in [0, 0.05) is 18.5 Å². The summed E-state index contributed by atoms with van der Waals surface area (Å²) in [5, 5.41) is 0. The van der Waals surface area contributed by atoms with E-state index in [4.69, 9.17) is 0 Å². The molecule has 4 heteroatoms. The molecule has 0 spiro atoms. The van der Waals surface area contributed by atoms with Gasteiger partial charge in [0.2, 0.25) is 0 Å². The second-order valence-corrected chi connectivity index (χ2v) is 3.39. The highest BCUT2D eigenvalue weighted by Gasteiger charge is 2.06. The molecular weight excluding hydrogens is 216 g/mol. The number of benzene rings is 1. The van der Waals surface area contributed by atoms with Gasteiger partial charge in [-0.05, 0) is 5.56 Å². The van der Waals surface area contributed by atoms with Crippen molar-refractivity contribution in [2.45, 2.75) is 0 Å². The van der Waals surface area contributed by atoms with Gasteiger partial charge in [0.25, 0.3) is 0 Å². The Balaban J connectivity index is 2.46. The Bertz CT molecular complexity index is 516. The fraction of sp³-hybridized carbons (Fsp3) is 0.0769. The van der Waals surface area contributed by atoms with Gasteiger partial charge in [0.15, 0.2) is 0 Å². The monoisotopic (exact) mass is 228 g/mol. The molecule has 0 radical (unpaired) electrons. The number of esters is 1. The first-order valence-electron chi connectivity index (χ1n) is 5.14. The van der Waals surface area contributed by atoms with Gasteiger partial charge in [-0.2, -0.15) is 0 Å². The van der Waals surface area contributed by atoms with Gasteiger partial charge >= 0.3 is 5.97 Å². The maximum absolute atomic E-state index is 11.4. The summed E-state index contributed by atoms with van der Waals surface area (Å²) in [5.41, 5.74) is 1.66. The van der Waals surface area contributed by atoms with Crippen LogP contribution in [0.1, 0.15) is 5.56 Å². The van der Waals surface area contributed by atoms with Gasteiger partial charge in [0.1, 0.15) is 0 Å². The molecule has 0 N–H and O–H groups in total. The number of methoxy groups -OCH3 is 1. The molecule has 0 bridgehead atoms. The molecular formula is C13H12N2O2. The van der Waals surface area contributed by atoms with E-state index in [0.29, 0.717) is 0 Å². The number of imidazole rings is 1. The minimum absolute atomic E-state index is 0.391. The van der Waals surface area contributed by atoms with Crippen molar-refractivity contribution in [3.63, 3.8) is 0 Å². The predicted molar refractivity (Wildman–Crippen MR) is 64.1 cm³/mol. The third kappa shape index (κ3) is 2.60. The number of hydrogen-bond donors (Lipinski definition) is 0. The highest BCUT2D eigenvalue weighted by atomic mass is 16.5. The van der Waals surface area contributed by atoms with Crippen LogP contribution in [0.2, 0.25) is 0 Å². The fourth-order valence-corrected chi connectivity index (χ4v) is 1.49. The first kappa shape index (κ1) is 11.1. The number of aromatic nitrogens is 2. The van der Waals surface area contributed by atoms with Crippen molar-refractivity contribution >= 4 is 11.7 Å². The van der Waals surface area contributed by atoms with Crippen LogP contribution in [0.4, 0.5) is 0 Å². The number of ether oxygens (including phenoxy) is 1. The predicted octanol–water partition coefficient (Wildman–Crippen LogP) is 1.95. The van der Waals surface area contributed by atoms with Crippen molar-refractivity contribution < 1.29 is 9.53 Å². The maximum atomic E-state index is 11.4. The summed E-state index contributed by atoms with van der Waals surface area (Å²) < 4.78 is 6.42. The Labute approximate surface area is 99.2 Å². The Morgan fingerprint density at radius 1 is 1.35 bits per heavy atom. The molecule has 0 atom stereocenters. The second kappa shape index (κ2) is 5.12. The first-order chi connectivity index (χ1) is 8.31. The van der Waals surface area contributed by atoms with Crippen molar-refractivity contribution in [3.8, 4) is 0 Å². The number of carbonyl (C=O) groups is 1. The molecule has 4 nitrogen and oxygen atoms in total. The molecule has 2 rings (SSSR count). The Hall–Kier alpha value is -2.36. The van der Waals surface area contributed by atoms with Gasteiger partial charge in [0.05, 0.1) is 19.1 Å². The molecule has 0 aliphatic carbocycles. The van der Waals surface area contributed by atoms with Crippen LogP contribution >= 0.6 is 0 Å². The van der Waals surface area contributed by atoms with E-state index in [1.807, 2.05) is 30.3 Å². The third-order valence-electron chi connectivity index (χ3n) is 2.31. The lowest BCUT2D eigenvalue weighted by molar-refractivity contribution is -0.134. The second-order valence-electron chi connectivity index (χ2n) is 3.39. The zero-order valence-electron chi connectivity index (χ0n) is 9.41. The van der Waals surface area contributed by atoms with Crippen LogP contribution in [0, 0.1) is 0 Å². The van der Waals surface area contributed by atoms with E-state index in [9.17, 15) is 4.79 Å². The van der Waals surface area contributed by atoms with Crippen LogP contribution in [-0.2, 0) is 9.53 Å². The van der Waals surface area contributed by atoms with Gasteiger partial charge in [-0.25, -0.2) is 9.78 Å². The minimum atomic E-state index is -0.391. The number of rotatable bonds is 3. The van der Waals surface area contributed by atoms with Gasteiger partial charge in [-0.15, -0.1) is 0 Å². The summed E-state index contributed by atoms with van der Waals surface area (Å²) in [7, 11) is 1.36. The maximum Gasteiger partial charge on any atom is 0.332 e. The van der Waals surface area contributed by atoms with E-state index in [-0.39, 0.29) is 0 Å². The molecule has 0 unspecified atom stereocenters. The van der Waals surface area contributed by atoms with Crippen LogP contribution in [0.3, 0.4) is 0 Å². The number of hydrogen-bond acceptors (Lipinski definition) is 3. The van der Waals surface area contributed by atoms with Crippen LogP contribution in [0.25, 0.3) is 5.70 Å². The average molecular weight is 228 g/mol. The molecule has 1 aromatic heterocycles. The molecule has 0 saturated carbocycles. The van der Waals surface area contributed by atoms with Crippen molar-refractivity contribution in [2.24, 2.45) is 0 Å². The zero-order valence-corrected chi connectivity index (χ0v) is 9.41. The largest absolute Gasteiger partial charge is 0.466 e. The SMILES string of the molecule is COC(=O)/C=C(/c1ccccc1)n1ccnc1. The summed E-state index contributed by atoms with van der Waals surface area (Å²) in [6.07, 6.45) is 6.52. The van der Waals surface area contributed by atoms with Crippen molar-refractivity contribution in [2.75, 3.05) is 7.11 Å². The molecule has 0 saturated heterocycles. The molecule has 86 valence electrons. The van der Waals surface area contributed by atoms with E-state index < -0.39 is 5.97 Å². The normalized spacial score (nSPS) is 11.2. The van der Waals surface area contributed by atoms with Crippen LogP contribution < -0.4 is 0 Å². The standard InChI is InChI=1S/C13H12N2O2/c1-17-13(16)9-12(15-8-7-14-10-15)11-5-3-2-4-6-11/h2-10H,1H3/b12-9-. The lowest BCUT2D eigenvalue weighted by Crippen LogP contribution is -2.02. The molecule has 0 amide bonds. The van der Waals surface area contributed by atoms with Gasteiger partial charge in [-0.1, -0.05) is 30.3 Å². The summed E-state index contributed by atoms with van der Waals surface area (Å²) >= 11 is 0. The molecule has 0 aliphatic rings. The van der Waals surface area contributed by atoms with E-state index in [2.05, 4.69) is 9.72 Å². The van der Waals surface area contributed by atoms with Crippen LogP contribution in [-0.4, -0.2) is 22.6 Å². The van der Waals surface area contributed by atoms with Crippen molar-refractivity contribution in [3.05, 3.63) is 60.7 Å². The van der Waals surface area contributed by atoms with E-state index in [1.165, 1.54) is 13.2 Å². The molecule has 1 heterocycles. The summed E-state index contributed by atoms with van der Waals surface area (Å²) in [5.74, 6) is -0.391.